The van der Waals surface area contributed by atoms with E-state index in [4.69, 9.17) is 5.73 Å². The maximum absolute atomic E-state index is 13.5. The number of carbonyl (C=O) groups is 1. The number of benzene rings is 2. The molecule has 3 N–H and O–H groups in total. The topological polar surface area (TPSA) is 58.4 Å². The number of amides is 1. The maximum Gasteiger partial charge on any atom is 0.254 e. The van der Waals surface area contributed by atoms with Crippen molar-refractivity contribution in [2.75, 3.05) is 19.6 Å². The van der Waals surface area contributed by atoms with Crippen LogP contribution in [0.5, 0.6) is 0 Å². The Morgan fingerprint density at radius 3 is 2.52 bits per heavy atom. The van der Waals surface area contributed by atoms with Crippen molar-refractivity contribution in [3.05, 3.63) is 94.1 Å². The zero-order chi connectivity index (χ0) is 23.6. The highest BCUT2D eigenvalue weighted by molar-refractivity contribution is 5.94. The van der Waals surface area contributed by atoms with E-state index < -0.39 is 0 Å². The Morgan fingerprint density at radius 2 is 1.82 bits per heavy atom. The Hall–Kier alpha value is -2.69. The number of aryl methyl sites for hydroxylation is 2. The van der Waals surface area contributed by atoms with Crippen LogP contribution in [-0.4, -0.2) is 36.5 Å². The molecular weight excluding hydrogens is 406 g/mol. The monoisotopic (exact) mass is 445 g/mol. The van der Waals surface area contributed by atoms with Crippen LogP contribution in [0.2, 0.25) is 0 Å². The van der Waals surface area contributed by atoms with Gasteiger partial charge in [0.25, 0.3) is 5.91 Å². The van der Waals surface area contributed by atoms with Crippen molar-refractivity contribution in [1.82, 2.24) is 10.2 Å². The molecule has 1 aliphatic carbocycles. The maximum atomic E-state index is 13.5. The summed E-state index contributed by atoms with van der Waals surface area (Å²) in [5.41, 5.74) is 12.7. The molecule has 33 heavy (non-hydrogen) atoms. The van der Waals surface area contributed by atoms with Crippen molar-refractivity contribution < 1.29 is 4.79 Å². The Kier molecular flexibility index (Phi) is 9.47. The summed E-state index contributed by atoms with van der Waals surface area (Å²) in [5.74, 6) is 0.0855. The molecule has 0 saturated carbocycles. The summed E-state index contributed by atoms with van der Waals surface area (Å²) < 4.78 is 0. The van der Waals surface area contributed by atoms with E-state index in [0.717, 1.165) is 55.5 Å². The molecule has 0 aliphatic heterocycles. The van der Waals surface area contributed by atoms with Crippen molar-refractivity contribution in [3.8, 4) is 0 Å². The van der Waals surface area contributed by atoms with E-state index >= 15 is 0 Å². The SMILES string of the molecule is Cc1ccc(C(=O)N(Cc2cc(C)cc(CCN)c2)C(C)CCNCC2=CCCC=C2)cc1. The summed E-state index contributed by atoms with van der Waals surface area (Å²) in [6, 6.07) is 14.6. The largest absolute Gasteiger partial charge is 0.332 e. The van der Waals surface area contributed by atoms with Crippen LogP contribution in [-0.2, 0) is 13.0 Å². The summed E-state index contributed by atoms with van der Waals surface area (Å²) in [5, 5.41) is 3.55. The van der Waals surface area contributed by atoms with E-state index in [9.17, 15) is 4.79 Å². The molecule has 1 amide bonds. The lowest BCUT2D eigenvalue weighted by molar-refractivity contribution is 0.0667. The third-order valence-corrected chi connectivity index (χ3v) is 6.21. The van der Waals surface area contributed by atoms with Gasteiger partial charge in [-0.15, -0.1) is 0 Å². The average Bonchev–Trinajstić information content (AvgIpc) is 2.81. The molecule has 1 unspecified atom stereocenters. The van der Waals surface area contributed by atoms with Gasteiger partial charge in [-0.3, -0.25) is 4.79 Å². The van der Waals surface area contributed by atoms with E-state index in [1.807, 2.05) is 36.1 Å². The van der Waals surface area contributed by atoms with Crippen LogP contribution < -0.4 is 11.1 Å². The lowest BCUT2D eigenvalue weighted by atomic mass is 10.0. The van der Waals surface area contributed by atoms with Crippen molar-refractivity contribution in [2.45, 2.75) is 59.0 Å². The number of nitrogens with one attached hydrogen (secondary N) is 1. The van der Waals surface area contributed by atoms with Gasteiger partial charge in [0.1, 0.15) is 0 Å². The van der Waals surface area contributed by atoms with E-state index in [2.05, 4.69) is 55.6 Å². The molecule has 0 saturated heterocycles. The number of allylic oxidation sites excluding steroid dienone is 2. The molecule has 0 bridgehead atoms. The van der Waals surface area contributed by atoms with Gasteiger partial charge in [0.05, 0.1) is 0 Å². The van der Waals surface area contributed by atoms with Crippen LogP contribution in [0.3, 0.4) is 0 Å². The highest BCUT2D eigenvalue weighted by atomic mass is 16.2. The van der Waals surface area contributed by atoms with Crippen molar-refractivity contribution in [2.24, 2.45) is 5.73 Å². The lowest BCUT2D eigenvalue weighted by Gasteiger charge is -2.30. The minimum Gasteiger partial charge on any atom is -0.332 e. The molecular formula is C29H39N3O. The fourth-order valence-corrected chi connectivity index (χ4v) is 4.34. The quantitative estimate of drug-likeness (QED) is 0.474. The Bertz CT molecular complexity index is 975. The Morgan fingerprint density at radius 1 is 1.06 bits per heavy atom. The molecule has 176 valence electrons. The summed E-state index contributed by atoms with van der Waals surface area (Å²) in [4.78, 5) is 15.6. The van der Waals surface area contributed by atoms with Gasteiger partial charge in [-0.25, -0.2) is 0 Å². The van der Waals surface area contributed by atoms with Crippen LogP contribution in [0, 0.1) is 13.8 Å². The smallest absolute Gasteiger partial charge is 0.254 e. The van der Waals surface area contributed by atoms with Gasteiger partial charge in [-0.05, 0) is 88.4 Å². The molecule has 0 spiro atoms. The van der Waals surface area contributed by atoms with Crippen LogP contribution in [0.15, 0.2) is 66.3 Å². The first-order chi connectivity index (χ1) is 16.0. The normalized spacial score (nSPS) is 14.1. The van der Waals surface area contributed by atoms with Crippen molar-refractivity contribution >= 4 is 5.91 Å². The highest BCUT2D eigenvalue weighted by Crippen LogP contribution is 2.19. The standard InChI is InChI=1S/C29H39N3O/c1-22-9-11-28(12-10-22)29(33)32(21-27-18-23(2)17-26(19-27)13-15-30)24(3)14-16-31-20-25-7-5-4-6-8-25/h5,7-12,17-19,24,31H,4,6,13-16,20-21,30H2,1-3H3. The molecule has 2 aromatic rings. The first-order valence-electron chi connectivity index (χ1n) is 12.2. The zero-order valence-electron chi connectivity index (χ0n) is 20.4. The second kappa shape index (κ2) is 12.5. The molecule has 1 aliphatic rings. The number of nitrogens with zero attached hydrogens (tertiary/aromatic N) is 1. The van der Waals surface area contributed by atoms with Crippen molar-refractivity contribution in [3.63, 3.8) is 0 Å². The van der Waals surface area contributed by atoms with Crippen LogP contribution >= 0.6 is 0 Å². The molecule has 4 heteroatoms. The molecule has 3 rings (SSSR count). The molecule has 0 fully saturated rings. The fourth-order valence-electron chi connectivity index (χ4n) is 4.34. The van der Waals surface area contributed by atoms with Gasteiger partial charge in [0.15, 0.2) is 0 Å². The lowest BCUT2D eigenvalue weighted by Crippen LogP contribution is -2.40. The Balaban J connectivity index is 1.71. The molecule has 0 radical (unpaired) electrons. The minimum atomic E-state index is 0.0855. The first kappa shape index (κ1) is 24.9. The van der Waals surface area contributed by atoms with Crippen LogP contribution in [0.1, 0.15) is 58.8 Å². The van der Waals surface area contributed by atoms with Gasteiger partial charge < -0.3 is 16.0 Å². The summed E-state index contributed by atoms with van der Waals surface area (Å²) in [7, 11) is 0. The Labute approximate surface area is 199 Å². The van der Waals surface area contributed by atoms with Crippen LogP contribution in [0.4, 0.5) is 0 Å². The van der Waals surface area contributed by atoms with Gasteiger partial charge in [0.2, 0.25) is 0 Å². The number of nitrogens with two attached hydrogens (primary N) is 1. The third kappa shape index (κ3) is 7.69. The molecule has 4 nitrogen and oxygen atoms in total. The molecule has 0 aromatic heterocycles. The molecule has 1 atom stereocenters. The predicted molar refractivity (Wildman–Crippen MR) is 138 cm³/mol. The number of rotatable bonds is 11. The first-order valence-corrected chi connectivity index (χ1v) is 12.2. The number of carbonyl (C=O) groups excluding carboxylic acids is 1. The van der Waals surface area contributed by atoms with Gasteiger partial charge in [-0.2, -0.15) is 0 Å². The molecule has 0 heterocycles. The van der Waals surface area contributed by atoms with Gasteiger partial charge >= 0.3 is 0 Å². The fraction of sp³-hybridized carbons (Fsp3) is 0.414. The summed E-state index contributed by atoms with van der Waals surface area (Å²) >= 11 is 0. The summed E-state index contributed by atoms with van der Waals surface area (Å²) in [6.07, 6.45) is 10.8. The van der Waals surface area contributed by atoms with Crippen LogP contribution in [0.25, 0.3) is 0 Å². The predicted octanol–water partition coefficient (Wildman–Crippen LogP) is 5.09. The molecule has 2 aromatic carbocycles. The van der Waals surface area contributed by atoms with Gasteiger partial charge in [0, 0.05) is 24.7 Å². The van der Waals surface area contributed by atoms with E-state index in [0.29, 0.717) is 13.1 Å². The third-order valence-electron chi connectivity index (χ3n) is 6.21. The average molecular weight is 446 g/mol. The second-order valence-corrected chi connectivity index (χ2v) is 9.24. The van der Waals surface area contributed by atoms with E-state index in [-0.39, 0.29) is 11.9 Å². The number of hydrogen-bond donors (Lipinski definition) is 2. The number of hydrogen-bond acceptors (Lipinski definition) is 3. The highest BCUT2D eigenvalue weighted by Gasteiger charge is 2.22. The van der Waals surface area contributed by atoms with Gasteiger partial charge in [-0.1, -0.05) is 59.7 Å². The van der Waals surface area contributed by atoms with E-state index in [1.54, 1.807) is 0 Å². The van der Waals surface area contributed by atoms with Crippen molar-refractivity contribution in [1.29, 1.82) is 0 Å². The zero-order valence-corrected chi connectivity index (χ0v) is 20.4. The second-order valence-electron chi connectivity index (χ2n) is 9.24. The van der Waals surface area contributed by atoms with E-state index in [1.165, 1.54) is 16.7 Å². The summed E-state index contributed by atoms with van der Waals surface area (Å²) in [6.45, 7) is 9.29. The minimum absolute atomic E-state index is 0.0855.